The van der Waals surface area contributed by atoms with Crippen molar-refractivity contribution in [2.45, 2.75) is 20.8 Å². The average Bonchev–Trinajstić information content (AvgIpc) is 2.55. The van der Waals surface area contributed by atoms with Crippen molar-refractivity contribution in [2.24, 2.45) is 5.92 Å². The van der Waals surface area contributed by atoms with Gasteiger partial charge in [0.05, 0.1) is 18.5 Å². The van der Waals surface area contributed by atoms with E-state index in [2.05, 4.69) is 29.5 Å². The maximum absolute atomic E-state index is 12.2. The van der Waals surface area contributed by atoms with Gasteiger partial charge in [0, 0.05) is 12.2 Å². The minimum Gasteiger partial charge on any atom is -0.494 e. The molecule has 0 saturated carbocycles. The SMILES string of the molecule is CCOc1ccc(NC(=O)c2ccc(NCC(C)C)cn2)cc1. The first kappa shape index (κ1) is 16.8. The maximum atomic E-state index is 12.2. The molecule has 0 aliphatic carbocycles. The van der Waals surface area contributed by atoms with Crippen molar-refractivity contribution in [3.63, 3.8) is 0 Å². The molecule has 0 aliphatic rings. The van der Waals surface area contributed by atoms with Crippen molar-refractivity contribution in [2.75, 3.05) is 23.8 Å². The summed E-state index contributed by atoms with van der Waals surface area (Å²) in [4.78, 5) is 16.4. The van der Waals surface area contributed by atoms with E-state index in [1.54, 1.807) is 24.4 Å². The topological polar surface area (TPSA) is 63.2 Å². The molecule has 0 aliphatic heterocycles. The summed E-state index contributed by atoms with van der Waals surface area (Å²) in [6.07, 6.45) is 1.68. The fourth-order valence-corrected chi connectivity index (χ4v) is 1.95. The molecular formula is C18H23N3O2. The summed E-state index contributed by atoms with van der Waals surface area (Å²) in [6, 6.07) is 10.8. The molecule has 0 fully saturated rings. The standard InChI is InChI=1S/C18H23N3O2/c1-4-23-16-8-5-14(6-9-16)21-18(22)17-10-7-15(12-20-17)19-11-13(2)3/h5-10,12-13,19H,4,11H2,1-3H3,(H,21,22). The lowest BCUT2D eigenvalue weighted by molar-refractivity contribution is 0.102. The number of carbonyl (C=O) groups excluding carboxylic acids is 1. The van der Waals surface area contributed by atoms with Crippen LogP contribution in [0.1, 0.15) is 31.3 Å². The second-order valence-electron chi connectivity index (χ2n) is 5.62. The largest absolute Gasteiger partial charge is 0.494 e. The van der Waals surface area contributed by atoms with Crippen molar-refractivity contribution in [3.8, 4) is 5.75 Å². The summed E-state index contributed by atoms with van der Waals surface area (Å²) < 4.78 is 5.37. The summed E-state index contributed by atoms with van der Waals surface area (Å²) in [5.41, 5.74) is 2.01. The highest BCUT2D eigenvalue weighted by Crippen LogP contribution is 2.16. The van der Waals surface area contributed by atoms with Gasteiger partial charge in [-0.2, -0.15) is 0 Å². The van der Waals surface area contributed by atoms with Crippen LogP contribution in [0, 0.1) is 5.92 Å². The molecule has 0 atom stereocenters. The smallest absolute Gasteiger partial charge is 0.274 e. The van der Waals surface area contributed by atoms with Gasteiger partial charge < -0.3 is 15.4 Å². The van der Waals surface area contributed by atoms with E-state index < -0.39 is 0 Å². The average molecular weight is 313 g/mol. The molecule has 0 saturated heterocycles. The van der Waals surface area contributed by atoms with Crippen LogP contribution >= 0.6 is 0 Å². The Hall–Kier alpha value is -2.56. The summed E-state index contributed by atoms with van der Waals surface area (Å²) >= 11 is 0. The molecule has 2 aromatic rings. The van der Waals surface area contributed by atoms with E-state index in [-0.39, 0.29) is 5.91 Å². The Balaban J connectivity index is 1.94. The van der Waals surface area contributed by atoms with Crippen LogP contribution in [0.15, 0.2) is 42.6 Å². The van der Waals surface area contributed by atoms with E-state index >= 15 is 0 Å². The zero-order valence-electron chi connectivity index (χ0n) is 13.8. The molecule has 0 bridgehead atoms. The Labute approximate surface area is 137 Å². The number of rotatable bonds is 7. The number of anilines is 2. The fraction of sp³-hybridized carbons (Fsp3) is 0.333. The molecular weight excluding hydrogens is 290 g/mol. The molecule has 23 heavy (non-hydrogen) atoms. The molecule has 0 radical (unpaired) electrons. The van der Waals surface area contributed by atoms with Crippen LogP contribution in [-0.2, 0) is 0 Å². The maximum Gasteiger partial charge on any atom is 0.274 e. The number of aromatic nitrogens is 1. The van der Waals surface area contributed by atoms with Gasteiger partial charge in [-0.1, -0.05) is 13.8 Å². The van der Waals surface area contributed by atoms with Gasteiger partial charge in [0.15, 0.2) is 0 Å². The van der Waals surface area contributed by atoms with Gasteiger partial charge in [0.2, 0.25) is 0 Å². The second-order valence-corrected chi connectivity index (χ2v) is 5.62. The van der Waals surface area contributed by atoms with Crippen LogP contribution in [-0.4, -0.2) is 24.0 Å². The second kappa shape index (κ2) is 8.17. The van der Waals surface area contributed by atoms with Gasteiger partial charge in [0.1, 0.15) is 11.4 Å². The monoisotopic (exact) mass is 313 g/mol. The van der Waals surface area contributed by atoms with Crippen molar-refractivity contribution in [1.82, 2.24) is 4.98 Å². The first-order chi connectivity index (χ1) is 11.1. The highest BCUT2D eigenvalue weighted by Gasteiger charge is 2.08. The zero-order valence-corrected chi connectivity index (χ0v) is 13.8. The van der Waals surface area contributed by atoms with E-state index in [0.29, 0.717) is 23.9 Å². The molecule has 0 spiro atoms. The van der Waals surface area contributed by atoms with Crippen LogP contribution in [0.2, 0.25) is 0 Å². The first-order valence-corrected chi connectivity index (χ1v) is 7.82. The van der Waals surface area contributed by atoms with Gasteiger partial charge in [-0.15, -0.1) is 0 Å². The molecule has 1 aromatic heterocycles. The van der Waals surface area contributed by atoms with E-state index in [9.17, 15) is 4.79 Å². The zero-order chi connectivity index (χ0) is 16.7. The molecule has 5 nitrogen and oxygen atoms in total. The van der Waals surface area contributed by atoms with Gasteiger partial charge in [-0.05, 0) is 49.2 Å². The molecule has 5 heteroatoms. The lowest BCUT2D eigenvalue weighted by Crippen LogP contribution is -2.14. The number of ether oxygens (including phenoxy) is 1. The Bertz CT molecular complexity index is 622. The van der Waals surface area contributed by atoms with Gasteiger partial charge >= 0.3 is 0 Å². The van der Waals surface area contributed by atoms with Crippen molar-refractivity contribution >= 4 is 17.3 Å². The third-order valence-electron chi connectivity index (χ3n) is 3.13. The Kier molecular flexibility index (Phi) is 5.97. The van der Waals surface area contributed by atoms with Crippen molar-refractivity contribution in [1.29, 1.82) is 0 Å². The predicted octanol–water partition coefficient (Wildman–Crippen LogP) is 3.80. The Morgan fingerprint density at radius 1 is 1.13 bits per heavy atom. The quantitative estimate of drug-likeness (QED) is 0.816. The number of carbonyl (C=O) groups is 1. The third-order valence-corrected chi connectivity index (χ3v) is 3.13. The fourth-order valence-electron chi connectivity index (χ4n) is 1.95. The molecule has 0 unspecified atom stereocenters. The summed E-state index contributed by atoms with van der Waals surface area (Å²) in [7, 11) is 0. The van der Waals surface area contributed by atoms with Crippen molar-refractivity contribution in [3.05, 3.63) is 48.3 Å². The van der Waals surface area contributed by atoms with Crippen LogP contribution in [0.4, 0.5) is 11.4 Å². The van der Waals surface area contributed by atoms with Gasteiger partial charge in [-0.3, -0.25) is 4.79 Å². The van der Waals surface area contributed by atoms with Crippen LogP contribution in [0.25, 0.3) is 0 Å². The Morgan fingerprint density at radius 3 is 2.39 bits per heavy atom. The minimum atomic E-state index is -0.232. The van der Waals surface area contributed by atoms with E-state index in [4.69, 9.17) is 4.74 Å². The number of benzene rings is 1. The van der Waals surface area contributed by atoms with E-state index in [1.807, 2.05) is 25.1 Å². The number of nitrogens with zero attached hydrogens (tertiary/aromatic N) is 1. The molecule has 1 heterocycles. The number of hydrogen-bond acceptors (Lipinski definition) is 4. The predicted molar refractivity (Wildman–Crippen MR) is 93.1 cm³/mol. The number of nitrogens with one attached hydrogen (secondary N) is 2. The normalized spacial score (nSPS) is 10.4. The van der Waals surface area contributed by atoms with Crippen LogP contribution in [0.3, 0.4) is 0 Å². The number of pyridine rings is 1. The highest BCUT2D eigenvalue weighted by atomic mass is 16.5. The minimum absolute atomic E-state index is 0.232. The molecule has 1 aromatic carbocycles. The molecule has 122 valence electrons. The van der Waals surface area contributed by atoms with E-state index in [0.717, 1.165) is 18.0 Å². The van der Waals surface area contributed by atoms with Crippen molar-refractivity contribution < 1.29 is 9.53 Å². The van der Waals surface area contributed by atoms with Gasteiger partial charge in [0.25, 0.3) is 5.91 Å². The summed E-state index contributed by atoms with van der Waals surface area (Å²) in [6.45, 7) is 7.70. The van der Waals surface area contributed by atoms with Gasteiger partial charge in [-0.25, -0.2) is 4.98 Å². The van der Waals surface area contributed by atoms with E-state index in [1.165, 1.54) is 0 Å². The summed E-state index contributed by atoms with van der Waals surface area (Å²) in [5.74, 6) is 1.10. The highest BCUT2D eigenvalue weighted by molar-refractivity contribution is 6.02. The molecule has 1 amide bonds. The number of hydrogen-bond donors (Lipinski definition) is 2. The lowest BCUT2D eigenvalue weighted by Gasteiger charge is -2.09. The van der Waals surface area contributed by atoms with Crippen LogP contribution in [0.5, 0.6) is 5.75 Å². The molecule has 2 N–H and O–H groups in total. The first-order valence-electron chi connectivity index (χ1n) is 7.82. The Morgan fingerprint density at radius 2 is 1.83 bits per heavy atom. The summed E-state index contributed by atoms with van der Waals surface area (Å²) in [5, 5.41) is 6.09. The third kappa shape index (κ3) is 5.29. The number of amides is 1. The van der Waals surface area contributed by atoms with Crippen LogP contribution < -0.4 is 15.4 Å². The lowest BCUT2D eigenvalue weighted by atomic mass is 10.2. The molecule has 2 rings (SSSR count).